The Morgan fingerprint density at radius 2 is 1.68 bits per heavy atom. The van der Waals surface area contributed by atoms with Crippen molar-refractivity contribution in [2.24, 2.45) is 0 Å². The zero-order chi connectivity index (χ0) is 20.0. The lowest BCUT2D eigenvalue weighted by Crippen LogP contribution is -2.29. The zero-order valence-electron chi connectivity index (χ0n) is 16.3. The summed E-state index contributed by atoms with van der Waals surface area (Å²) in [5.41, 5.74) is 2.84. The number of aromatic nitrogens is 2. The molecule has 1 amide bonds. The van der Waals surface area contributed by atoms with Crippen molar-refractivity contribution in [1.82, 2.24) is 14.5 Å². The van der Waals surface area contributed by atoms with E-state index in [-0.39, 0.29) is 17.4 Å². The Morgan fingerprint density at radius 1 is 1.04 bits per heavy atom. The molecular weight excluding hydrogens is 360 g/mol. The van der Waals surface area contributed by atoms with Crippen LogP contribution in [0, 0.1) is 18.6 Å². The van der Waals surface area contributed by atoms with Gasteiger partial charge < -0.3 is 4.90 Å². The van der Waals surface area contributed by atoms with E-state index in [4.69, 9.17) is 0 Å². The van der Waals surface area contributed by atoms with Crippen molar-refractivity contribution in [3.8, 4) is 11.1 Å². The maximum Gasteiger partial charge on any atom is 0.255 e. The highest BCUT2D eigenvalue weighted by Crippen LogP contribution is 2.35. The van der Waals surface area contributed by atoms with E-state index in [1.54, 1.807) is 23.6 Å². The monoisotopic (exact) mass is 383 g/mol. The van der Waals surface area contributed by atoms with E-state index in [1.807, 2.05) is 18.7 Å². The summed E-state index contributed by atoms with van der Waals surface area (Å²) in [7, 11) is 0. The van der Waals surface area contributed by atoms with E-state index < -0.39 is 11.6 Å². The maximum atomic E-state index is 14.5. The number of rotatable bonds is 3. The molecule has 3 aromatic rings. The molecule has 1 fully saturated rings. The fraction of sp³-hybridized carbons (Fsp3) is 0.364. The Hall–Kier alpha value is -2.76. The maximum absolute atomic E-state index is 14.5. The average Bonchev–Trinajstić information content (AvgIpc) is 3.28. The normalized spacial score (nSPS) is 14.4. The second kappa shape index (κ2) is 7.00. The smallest absolute Gasteiger partial charge is 0.255 e. The van der Waals surface area contributed by atoms with Crippen LogP contribution in [0.2, 0.25) is 0 Å². The summed E-state index contributed by atoms with van der Waals surface area (Å²) in [6.45, 7) is 7.25. The first kappa shape index (κ1) is 18.6. The number of amides is 1. The standard InChI is InChI=1S/C22H23F2N3O/c1-13(2)21-15(22(28)26-11-4-5-12-26)9-10-18-19(14(3)25-27(18)21)20-16(23)7-6-8-17(20)24/h6-10,13H,4-5,11-12H2,1-3H3. The first-order valence-electron chi connectivity index (χ1n) is 9.66. The molecule has 0 atom stereocenters. The molecule has 4 rings (SSSR count). The van der Waals surface area contributed by atoms with Crippen LogP contribution in [0.3, 0.4) is 0 Å². The largest absolute Gasteiger partial charge is 0.339 e. The van der Waals surface area contributed by atoms with E-state index in [2.05, 4.69) is 5.10 Å². The molecule has 1 aliphatic heterocycles. The number of fused-ring (bicyclic) bond motifs is 1. The minimum absolute atomic E-state index is 0.00475. The Labute approximate surface area is 162 Å². The van der Waals surface area contributed by atoms with Gasteiger partial charge in [0.05, 0.1) is 28.0 Å². The van der Waals surface area contributed by atoms with Crippen LogP contribution < -0.4 is 0 Å². The van der Waals surface area contributed by atoms with Crippen molar-refractivity contribution >= 4 is 11.4 Å². The van der Waals surface area contributed by atoms with Crippen molar-refractivity contribution < 1.29 is 13.6 Å². The highest BCUT2D eigenvalue weighted by molar-refractivity contribution is 5.97. The third-order valence-electron chi connectivity index (χ3n) is 5.39. The lowest BCUT2D eigenvalue weighted by Gasteiger charge is -2.20. The van der Waals surface area contributed by atoms with Gasteiger partial charge in [-0.25, -0.2) is 13.3 Å². The van der Waals surface area contributed by atoms with E-state index in [0.29, 0.717) is 22.3 Å². The van der Waals surface area contributed by atoms with Crippen molar-refractivity contribution in [3.05, 3.63) is 58.9 Å². The fourth-order valence-corrected chi connectivity index (χ4v) is 4.12. The highest BCUT2D eigenvalue weighted by Gasteiger charge is 2.27. The second-order valence-electron chi connectivity index (χ2n) is 7.64. The van der Waals surface area contributed by atoms with Gasteiger partial charge >= 0.3 is 0 Å². The highest BCUT2D eigenvalue weighted by atomic mass is 19.1. The minimum Gasteiger partial charge on any atom is -0.339 e. The third-order valence-corrected chi connectivity index (χ3v) is 5.39. The van der Waals surface area contributed by atoms with Crippen LogP contribution >= 0.6 is 0 Å². The summed E-state index contributed by atoms with van der Waals surface area (Å²) < 4.78 is 30.6. The van der Waals surface area contributed by atoms with Gasteiger partial charge in [0, 0.05) is 18.7 Å². The predicted octanol–water partition coefficient (Wildman–Crippen LogP) is 4.95. The van der Waals surface area contributed by atoms with Crippen LogP contribution in [0.5, 0.6) is 0 Å². The van der Waals surface area contributed by atoms with E-state index in [1.165, 1.54) is 18.2 Å². The van der Waals surface area contributed by atoms with Gasteiger partial charge in [0.15, 0.2) is 0 Å². The predicted molar refractivity (Wildman–Crippen MR) is 105 cm³/mol. The second-order valence-corrected chi connectivity index (χ2v) is 7.64. The zero-order valence-corrected chi connectivity index (χ0v) is 16.3. The molecule has 0 N–H and O–H groups in total. The molecule has 0 spiro atoms. The molecule has 0 radical (unpaired) electrons. The molecular formula is C22H23F2N3O. The number of nitrogens with zero attached hydrogens (tertiary/aromatic N) is 3. The topological polar surface area (TPSA) is 37.6 Å². The number of aryl methyl sites for hydroxylation is 1. The van der Waals surface area contributed by atoms with Gasteiger partial charge in [0.25, 0.3) is 5.91 Å². The summed E-state index contributed by atoms with van der Waals surface area (Å²) in [5, 5.41) is 4.58. The Morgan fingerprint density at radius 3 is 2.29 bits per heavy atom. The molecule has 1 saturated heterocycles. The summed E-state index contributed by atoms with van der Waals surface area (Å²) in [6.07, 6.45) is 2.03. The van der Waals surface area contributed by atoms with Crippen LogP contribution in [-0.4, -0.2) is 33.5 Å². The van der Waals surface area contributed by atoms with Crippen LogP contribution in [0.4, 0.5) is 8.78 Å². The molecule has 0 saturated carbocycles. The Balaban J connectivity index is 1.96. The summed E-state index contributed by atoms with van der Waals surface area (Å²) in [5.74, 6) is -1.24. The molecule has 3 heterocycles. The first-order valence-corrected chi connectivity index (χ1v) is 9.66. The van der Waals surface area contributed by atoms with E-state index >= 15 is 0 Å². The molecule has 0 aliphatic carbocycles. The minimum atomic E-state index is -0.624. The van der Waals surface area contributed by atoms with Crippen LogP contribution in [0.1, 0.15) is 54.4 Å². The molecule has 0 unspecified atom stereocenters. The third kappa shape index (κ3) is 2.87. The molecule has 1 aliphatic rings. The number of carbonyl (C=O) groups excluding carboxylic acids is 1. The summed E-state index contributed by atoms with van der Waals surface area (Å²) >= 11 is 0. The van der Waals surface area contributed by atoms with Crippen molar-refractivity contribution in [1.29, 1.82) is 0 Å². The van der Waals surface area contributed by atoms with E-state index in [9.17, 15) is 13.6 Å². The van der Waals surface area contributed by atoms with E-state index in [0.717, 1.165) is 31.6 Å². The van der Waals surface area contributed by atoms with Gasteiger partial charge in [-0.3, -0.25) is 4.79 Å². The lowest BCUT2D eigenvalue weighted by molar-refractivity contribution is 0.0790. The Bertz CT molecular complexity index is 1050. The lowest BCUT2D eigenvalue weighted by atomic mass is 9.99. The van der Waals surface area contributed by atoms with Gasteiger partial charge in [-0.1, -0.05) is 19.9 Å². The van der Waals surface area contributed by atoms with Crippen molar-refractivity contribution in [2.45, 2.75) is 39.5 Å². The molecule has 0 bridgehead atoms. The van der Waals surface area contributed by atoms with Crippen LogP contribution in [0.25, 0.3) is 16.6 Å². The van der Waals surface area contributed by atoms with Crippen LogP contribution in [0.15, 0.2) is 30.3 Å². The number of pyridine rings is 1. The molecule has 1 aromatic carbocycles. The van der Waals surface area contributed by atoms with Crippen LogP contribution in [-0.2, 0) is 0 Å². The van der Waals surface area contributed by atoms with Crippen molar-refractivity contribution in [3.63, 3.8) is 0 Å². The summed E-state index contributed by atoms with van der Waals surface area (Å²) in [6, 6.07) is 7.36. The SMILES string of the molecule is Cc1nn2c(C(C)C)c(C(=O)N3CCCC3)ccc2c1-c1c(F)cccc1F. The number of hydrogen-bond acceptors (Lipinski definition) is 2. The fourth-order valence-electron chi connectivity index (χ4n) is 4.12. The molecule has 146 valence electrons. The number of halogens is 2. The molecule has 2 aromatic heterocycles. The first-order chi connectivity index (χ1) is 13.4. The Kier molecular flexibility index (Phi) is 4.65. The molecule has 6 heteroatoms. The van der Waals surface area contributed by atoms with Gasteiger partial charge in [0.1, 0.15) is 11.6 Å². The summed E-state index contributed by atoms with van der Waals surface area (Å²) in [4.78, 5) is 14.9. The average molecular weight is 383 g/mol. The quantitative estimate of drug-likeness (QED) is 0.642. The van der Waals surface area contributed by atoms with Gasteiger partial charge in [-0.05, 0) is 49.9 Å². The number of carbonyl (C=O) groups is 1. The number of likely N-dealkylation sites (tertiary alicyclic amines) is 1. The van der Waals surface area contributed by atoms with Gasteiger partial charge in [-0.2, -0.15) is 5.10 Å². The van der Waals surface area contributed by atoms with Gasteiger partial charge in [0.2, 0.25) is 0 Å². The number of hydrogen-bond donors (Lipinski definition) is 0. The van der Waals surface area contributed by atoms with Crippen molar-refractivity contribution in [2.75, 3.05) is 13.1 Å². The number of benzene rings is 1. The molecule has 28 heavy (non-hydrogen) atoms. The molecule has 4 nitrogen and oxygen atoms in total. The van der Waals surface area contributed by atoms with Gasteiger partial charge in [-0.15, -0.1) is 0 Å².